The Labute approximate surface area is 150 Å². The summed E-state index contributed by atoms with van der Waals surface area (Å²) in [7, 11) is 3.47. The van der Waals surface area contributed by atoms with Gasteiger partial charge in [0.2, 0.25) is 0 Å². The van der Waals surface area contributed by atoms with Gasteiger partial charge in [0.05, 0.1) is 25.3 Å². The number of nitrogens with zero attached hydrogens (tertiary/aromatic N) is 4. The first-order valence-electron chi connectivity index (χ1n) is 8.47. The maximum Gasteiger partial charge on any atom is 0.253 e. The lowest BCUT2D eigenvalue weighted by Crippen LogP contribution is -2.06. The van der Waals surface area contributed by atoms with Crippen LogP contribution in [0, 0.1) is 12.8 Å². The summed E-state index contributed by atoms with van der Waals surface area (Å²) < 4.78 is 36.0. The normalized spacial score (nSPS) is 18.1. The van der Waals surface area contributed by atoms with Gasteiger partial charge in [-0.15, -0.1) is 0 Å². The van der Waals surface area contributed by atoms with Crippen LogP contribution in [0.1, 0.15) is 12.1 Å². The lowest BCUT2D eigenvalue weighted by Gasteiger charge is -2.12. The molecular weight excluding hydrogens is 338 g/mol. The monoisotopic (exact) mass is 358 g/mol. The van der Waals surface area contributed by atoms with Crippen molar-refractivity contribution >= 4 is 0 Å². The highest BCUT2D eigenvalue weighted by molar-refractivity contribution is 5.82. The zero-order chi connectivity index (χ0) is 18.5. The molecule has 0 N–H and O–H groups in total. The van der Waals surface area contributed by atoms with E-state index in [9.17, 15) is 8.78 Å². The fourth-order valence-corrected chi connectivity index (χ4v) is 3.28. The van der Waals surface area contributed by atoms with Gasteiger partial charge in [-0.1, -0.05) is 12.1 Å². The first-order chi connectivity index (χ1) is 12.4. The van der Waals surface area contributed by atoms with Crippen molar-refractivity contribution in [2.75, 3.05) is 7.11 Å². The Kier molecular flexibility index (Phi) is 3.82. The van der Waals surface area contributed by atoms with Crippen molar-refractivity contribution in [1.82, 2.24) is 19.3 Å². The van der Waals surface area contributed by atoms with Crippen LogP contribution in [-0.2, 0) is 13.6 Å². The highest BCUT2D eigenvalue weighted by Gasteiger charge is 2.56. The first-order valence-corrected chi connectivity index (χ1v) is 8.47. The van der Waals surface area contributed by atoms with Gasteiger partial charge < -0.3 is 9.30 Å². The summed E-state index contributed by atoms with van der Waals surface area (Å²) in [6, 6.07) is 7.58. The van der Waals surface area contributed by atoms with Gasteiger partial charge in [0.1, 0.15) is 11.4 Å². The molecule has 0 spiro atoms. The molecule has 0 aliphatic heterocycles. The molecule has 1 atom stereocenters. The Morgan fingerprint density at radius 3 is 2.62 bits per heavy atom. The topological polar surface area (TPSA) is 44.9 Å². The molecule has 0 radical (unpaired) electrons. The molecule has 1 aromatic carbocycles. The lowest BCUT2D eigenvalue weighted by atomic mass is 10.0. The number of aryl methyl sites for hydroxylation is 1. The van der Waals surface area contributed by atoms with Crippen LogP contribution < -0.4 is 4.74 Å². The molecule has 2 aromatic heterocycles. The highest BCUT2D eigenvalue weighted by Crippen LogP contribution is 2.50. The lowest BCUT2D eigenvalue weighted by molar-refractivity contribution is 0.0952. The maximum atomic E-state index is 13.5. The predicted molar refractivity (Wildman–Crippen MR) is 94.2 cm³/mol. The standard InChI is InChI=1S/C19H20F2N4O/c1-12-15(9-23-24(12)2)18-17(14-6-4-5-7-16(14)26-3)22-11-25(18)10-13-8-19(13,20)21/h4-7,9,11,13H,8,10H2,1-3H3. The van der Waals surface area contributed by atoms with Crippen LogP contribution in [-0.4, -0.2) is 32.4 Å². The van der Waals surface area contributed by atoms with Gasteiger partial charge in [0.15, 0.2) is 0 Å². The second-order valence-corrected chi connectivity index (χ2v) is 6.72. The summed E-state index contributed by atoms with van der Waals surface area (Å²) in [5.41, 5.74) is 4.17. The number of ether oxygens (including phenoxy) is 1. The molecule has 0 bridgehead atoms. The maximum absolute atomic E-state index is 13.5. The molecule has 0 amide bonds. The fraction of sp³-hybridized carbons (Fsp3) is 0.368. The number of imidazole rings is 1. The molecule has 1 fully saturated rings. The number of rotatable bonds is 5. The van der Waals surface area contributed by atoms with E-state index in [1.165, 1.54) is 0 Å². The molecule has 136 valence electrons. The Morgan fingerprint density at radius 2 is 2.00 bits per heavy atom. The van der Waals surface area contributed by atoms with Crippen molar-refractivity contribution in [2.45, 2.75) is 25.8 Å². The zero-order valence-electron chi connectivity index (χ0n) is 14.9. The quantitative estimate of drug-likeness (QED) is 0.694. The Bertz CT molecular complexity index is 960. The van der Waals surface area contributed by atoms with Gasteiger partial charge in [-0.05, 0) is 19.1 Å². The Hall–Kier alpha value is -2.70. The summed E-state index contributed by atoms with van der Waals surface area (Å²) in [6.45, 7) is 2.19. The van der Waals surface area contributed by atoms with E-state index in [0.29, 0.717) is 11.4 Å². The average molecular weight is 358 g/mol. The van der Waals surface area contributed by atoms with Crippen molar-refractivity contribution in [1.29, 1.82) is 0 Å². The van der Waals surface area contributed by atoms with E-state index in [2.05, 4.69) is 10.1 Å². The van der Waals surface area contributed by atoms with E-state index in [4.69, 9.17) is 4.74 Å². The van der Waals surface area contributed by atoms with E-state index in [0.717, 1.165) is 22.5 Å². The molecule has 26 heavy (non-hydrogen) atoms. The third kappa shape index (κ3) is 2.67. The van der Waals surface area contributed by atoms with E-state index < -0.39 is 11.8 Å². The number of halogens is 2. The van der Waals surface area contributed by atoms with Crippen LogP contribution in [0.4, 0.5) is 8.78 Å². The molecule has 4 rings (SSSR count). The predicted octanol–water partition coefficient (Wildman–Crippen LogP) is 3.92. The SMILES string of the molecule is COc1ccccc1-c1ncn(CC2CC2(F)F)c1-c1cnn(C)c1C. The number of hydrogen-bond donors (Lipinski definition) is 0. The summed E-state index contributed by atoms with van der Waals surface area (Å²) in [5.74, 6) is -2.52. The van der Waals surface area contributed by atoms with Crippen molar-refractivity contribution in [3.63, 3.8) is 0 Å². The van der Waals surface area contributed by atoms with Gasteiger partial charge in [-0.25, -0.2) is 13.8 Å². The third-order valence-corrected chi connectivity index (χ3v) is 5.06. The van der Waals surface area contributed by atoms with E-state index >= 15 is 0 Å². The van der Waals surface area contributed by atoms with Crippen molar-refractivity contribution in [3.8, 4) is 28.3 Å². The van der Waals surface area contributed by atoms with E-state index in [1.807, 2.05) is 42.8 Å². The minimum atomic E-state index is -2.57. The van der Waals surface area contributed by atoms with Crippen LogP contribution in [0.25, 0.3) is 22.5 Å². The summed E-state index contributed by atoms with van der Waals surface area (Å²) in [4.78, 5) is 4.55. The second kappa shape index (κ2) is 5.93. The minimum Gasteiger partial charge on any atom is -0.496 e. The Morgan fingerprint density at radius 1 is 1.27 bits per heavy atom. The molecule has 1 aliphatic rings. The third-order valence-electron chi connectivity index (χ3n) is 5.06. The number of hydrogen-bond acceptors (Lipinski definition) is 3. The summed E-state index contributed by atoms with van der Waals surface area (Å²) in [6.07, 6.45) is 3.32. The largest absolute Gasteiger partial charge is 0.496 e. The smallest absolute Gasteiger partial charge is 0.253 e. The van der Waals surface area contributed by atoms with E-state index in [-0.39, 0.29) is 13.0 Å². The molecule has 1 unspecified atom stereocenters. The number of benzene rings is 1. The molecule has 0 saturated heterocycles. The highest BCUT2D eigenvalue weighted by atomic mass is 19.3. The van der Waals surface area contributed by atoms with Crippen LogP contribution in [0.3, 0.4) is 0 Å². The number of para-hydroxylation sites is 1. The molecule has 1 aliphatic carbocycles. The molecule has 5 nitrogen and oxygen atoms in total. The average Bonchev–Trinajstić information content (AvgIpc) is 2.93. The Balaban J connectivity index is 1.87. The van der Waals surface area contributed by atoms with Gasteiger partial charge in [0, 0.05) is 42.8 Å². The van der Waals surface area contributed by atoms with Gasteiger partial charge in [-0.3, -0.25) is 4.68 Å². The zero-order valence-corrected chi connectivity index (χ0v) is 14.9. The van der Waals surface area contributed by atoms with Gasteiger partial charge in [0.25, 0.3) is 5.92 Å². The number of methoxy groups -OCH3 is 1. The van der Waals surface area contributed by atoms with Crippen molar-refractivity contribution in [3.05, 3.63) is 42.5 Å². The van der Waals surface area contributed by atoms with Crippen molar-refractivity contribution in [2.24, 2.45) is 13.0 Å². The molecule has 1 saturated carbocycles. The van der Waals surface area contributed by atoms with Crippen LogP contribution in [0.5, 0.6) is 5.75 Å². The van der Waals surface area contributed by atoms with Crippen LogP contribution >= 0.6 is 0 Å². The molecule has 2 heterocycles. The molecular formula is C19H20F2N4O. The van der Waals surface area contributed by atoms with E-state index in [1.54, 1.807) is 24.3 Å². The molecule has 7 heteroatoms. The molecule has 3 aromatic rings. The second-order valence-electron chi connectivity index (χ2n) is 6.72. The van der Waals surface area contributed by atoms with Gasteiger partial charge in [-0.2, -0.15) is 5.10 Å². The minimum absolute atomic E-state index is 0.0688. The first kappa shape index (κ1) is 16.8. The van der Waals surface area contributed by atoms with Crippen LogP contribution in [0.15, 0.2) is 36.8 Å². The number of aromatic nitrogens is 4. The summed E-state index contributed by atoms with van der Waals surface area (Å²) in [5, 5.41) is 4.31. The summed E-state index contributed by atoms with van der Waals surface area (Å²) >= 11 is 0. The number of alkyl halides is 2. The van der Waals surface area contributed by atoms with Gasteiger partial charge >= 0.3 is 0 Å². The fourth-order valence-electron chi connectivity index (χ4n) is 3.28. The van der Waals surface area contributed by atoms with Crippen LogP contribution in [0.2, 0.25) is 0 Å². The van der Waals surface area contributed by atoms with Crippen molar-refractivity contribution < 1.29 is 13.5 Å².